The summed E-state index contributed by atoms with van der Waals surface area (Å²) in [6, 6.07) is 0. The van der Waals surface area contributed by atoms with Crippen LogP contribution >= 0.6 is 12.6 Å². The molecule has 0 aliphatic carbocycles. The number of hydrogen-bond donors (Lipinski definition) is 1. The van der Waals surface area contributed by atoms with Gasteiger partial charge in [-0.3, -0.25) is 0 Å². The van der Waals surface area contributed by atoms with E-state index in [0.717, 1.165) is 0 Å². The fraction of sp³-hybridized carbons (Fsp3) is 1.00. The minimum Gasteiger partial charge on any atom is -0.304 e. The van der Waals surface area contributed by atoms with Gasteiger partial charge in [0.2, 0.25) is 0 Å². The minimum atomic E-state index is 1.25. The van der Waals surface area contributed by atoms with Gasteiger partial charge in [0.25, 0.3) is 0 Å². The van der Waals surface area contributed by atoms with Crippen molar-refractivity contribution in [1.29, 1.82) is 0 Å². The number of rotatable bonds is 1. The summed E-state index contributed by atoms with van der Waals surface area (Å²) in [5.41, 5.74) is 0. The second-order valence-corrected chi connectivity index (χ2v) is 2.49. The molecule has 10 heavy (non-hydrogen) atoms. The molecule has 0 atom stereocenters. The van der Waals surface area contributed by atoms with Crippen LogP contribution in [0, 0.1) is 0 Å². The van der Waals surface area contributed by atoms with Crippen LogP contribution in [0.4, 0.5) is 0 Å². The van der Waals surface area contributed by atoms with Crippen LogP contribution in [-0.2, 0) is 0 Å². The van der Waals surface area contributed by atoms with Crippen molar-refractivity contribution < 1.29 is 0 Å². The molecule has 0 bridgehead atoms. The molecular formula is C8H19NS. The van der Waals surface area contributed by atoms with Gasteiger partial charge in [0, 0.05) is 0 Å². The number of piperidine rings is 1. The standard InChI is InChI=1S/C7H15N.CH4S/c1-2-8-6-4-3-5-7-8;1-2/h2-7H2,1H3;2H,1H3. The summed E-state index contributed by atoms with van der Waals surface area (Å²) in [7, 11) is 0. The summed E-state index contributed by atoms with van der Waals surface area (Å²) in [6.07, 6.45) is 6.00. The smallest absolute Gasteiger partial charge is 0.00188 e. The third-order valence-electron chi connectivity index (χ3n) is 1.90. The predicted molar refractivity (Wildman–Crippen MR) is 50.9 cm³/mol. The van der Waals surface area contributed by atoms with Crippen LogP contribution in [-0.4, -0.2) is 30.8 Å². The Morgan fingerprint density at radius 1 is 1.10 bits per heavy atom. The second kappa shape index (κ2) is 7.42. The minimum absolute atomic E-state index is 1.25. The van der Waals surface area contributed by atoms with E-state index in [0.29, 0.717) is 0 Å². The Bertz CT molecular complexity index is 60.3. The van der Waals surface area contributed by atoms with E-state index in [1.165, 1.54) is 38.9 Å². The van der Waals surface area contributed by atoms with Gasteiger partial charge in [-0.25, -0.2) is 0 Å². The fourth-order valence-electron chi connectivity index (χ4n) is 1.28. The lowest BCUT2D eigenvalue weighted by atomic mass is 10.1. The van der Waals surface area contributed by atoms with Crippen LogP contribution < -0.4 is 0 Å². The van der Waals surface area contributed by atoms with E-state index in [1.807, 2.05) is 0 Å². The van der Waals surface area contributed by atoms with Crippen LogP contribution in [0.5, 0.6) is 0 Å². The molecule has 0 amide bonds. The molecule has 62 valence electrons. The summed E-state index contributed by atoms with van der Waals surface area (Å²) in [5.74, 6) is 0. The SMILES string of the molecule is CCN1CCCCC1.CS. The van der Waals surface area contributed by atoms with Crippen LogP contribution in [0.25, 0.3) is 0 Å². The Labute approximate surface area is 70.2 Å². The van der Waals surface area contributed by atoms with Gasteiger partial charge < -0.3 is 4.90 Å². The van der Waals surface area contributed by atoms with E-state index in [9.17, 15) is 0 Å². The second-order valence-electron chi connectivity index (χ2n) is 2.49. The highest BCUT2D eigenvalue weighted by Crippen LogP contribution is 2.06. The summed E-state index contributed by atoms with van der Waals surface area (Å²) in [5, 5.41) is 0. The van der Waals surface area contributed by atoms with E-state index in [1.54, 1.807) is 6.26 Å². The fourth-order valence-corrected chi connectivity index (χ4v) is 1.28. The van der Waals surface area contributed by atoms with E-state index in [4.69, 9.17) is 0 Å². The quantitative estimate of drug-likeness (QED) is 0.576. The first-order valence-corrected chi connectivity index (χ1v) is 5.00. The van der Waals surface area contributed by atoms with Gasteiger partial charge >= 0.3 is 0 Å². The zero-order valence-electron chi connectivity index (χ0n) is 7.14. The Morgan fingerprint density at radius 2 is 1.60 bits per heavy atom. The number of hydrogen-bond acceptors (Lipinski definition) is 2. The summed E-state index contributed by atoms with van der Waals surface area (Å²) >= 11 is 3.53. The summed E-state index contributed by atoms with van der Waals surface area (Å²) in [6.45, 7) is 6.18. The molecule has 1 nitrogen and oxygen atoms in total. The van der Waals surface area contributed by atoms with Crippen molar-refractivity contribution in [1.82, 2.24) is 4.90 Å². The van der Waals surface area contributed by atoms with Gasteiger partial charge in [-0.05, 0) is 38.7 Å². The molecule has 0 aromatic heterocycles. The highest BCUT2D eigenvalue weighted by molar-refractivity contribution is 7.79. The van der Waals surface area contributed by atoms with Crippen LogP contribution in [0.2, 0.25) is 0 Å². The van der Waals surface area contributed by atoms with Gasteiger partial charge in [-0.1, -0.05) is 13.3 Å². The molecule has 1 heterocycles. The zero-order chi connectivity index (χ0) is 7.82. The normalized spacial score (nSPS) is 19.5. The topological polar surface area (TPSA) is 3.24 Å². The van der Waals surface area contributed by atoms with Gasteiger partial charge in [0.05, 0.1) is 0 Å². The van der Waals surface area contributed by atoms with Crippen molar-refractivity contribution in [2.45, 2.75) is 26.2 Å². The molecule has 0 radical (unpaired) electrons. The lowest BCUT2D eigenvalue weighted by Crippen LogP contribution is -2.29. The molecule has 0 unspecified atom stereocenters. The van der Waals surface area contributed by atoms with Crippen molar-refractivity contribution in [3.63, 3.8) is 0 Å². The molecule has 2 heteroatoms. The molecule has 1 fully saturated rings. The molecule has 0 aromatic carbocycles. The van der Waals surface area contributed by atoms with Gasteiger partial charge in [0.15, 0.2) is 0 Å². The van der Waals surface area contributed by atoms with Crippen molar-refractivity contribution in [2.75, 3.05) is 25.9 Å². The van der Waals surface area contributed by atoms with E-state index in [2.05, 4.69) is 24.5 Å². The number of thiol groups is 1. The molecule has 0 saturated carbocycles. The molecule has 0 N–H and O–H groups in total. The van der Waals surface area contributed by atoms with Crippen LogP contribution in [0.1, 0.15) is 26.2 Å². The average Bonchev–Trinajstić information content (AvgIpc) is 2.10. The molecule has 1 rings (SSSR count). The first-order chi connectivity index (χ1) is 4.93. The third kappa shape index (κ3) is 4.18. The lowest BCUT2D eigenvalue weighted by Gasteiger charge is -2.24. The van der Waals surface area contributed by atoms with Crippen LogP contribution in [0.15, 0.2) is 0 Å². The zero-order valence-corrected chi connectivity index (χ0v) is 8.03. The Kier molecular flexibility index (Phi) is 7.65. The molecule has 1 aliphatic rings. The lowest BCUT2D eigenvalue weighted by molar-refractivity contribution is 0.240. The maximum atomic E-state index is 3.53. The molecule has 0 spiro atoms. The van der Waals surface area contributed by atoms with E-state index in [-0.39, 0.29) is 0 Å². The predicted octanol–water partition coefficient (Wildman–Crippen LogP) is 2.04. The number of likely N-dealkylation sites (tertiary alicyclic amines) is 1. The highest BCUT2D eigenvalue weighted by atomic mass is 32.1. The third-order valence-corrected chi connectivity index (χ3v) is 1.90. The monoisotopic (exact) mass is 161 g/mol. The Balaban J connectivity index is 0.000000371. The molecule has 1 aliphatic heterocycles. The van der Waals surface area contributed by atoms with Crippen molar-refractivity contribution >= 4 is 12.6 Å². The van der Waals surface area contributed by atoms with E-state index >= 15 is 0 Å². The largest absolute Gasteiger partial charge is 0.304 e. The van der Waals surface area contributed by atoms with Gasteiger partial charge in [-0.2, -0.15) is 12.6 Å². The van der Waals surface area contributed by atoms with Gasteiger partial charge in [-0.15, -0.1) is 0 Å². The van der Waals surface area contributed by atoms with Gasteiger partial charge in [0.1, 0.15) is 0 Å². The van der Waals surface area contributed by atoms with Crippen molar-refractivity contribution in [3.8, 4) is 0 Å². The highest BCUT2D eigenvalue weighted by Gasteiger charge is 2.05. The Hall–Kier alpha value is 0.310. The molecule has 0 aromatic rings. The first kappa shape index (κ1) is 10.3. The first-order valence-electron chi connectivity index (χ1n) is 4.10. The van der Waals surface area contributed by atoms with Crippen molar-refractivity contribution in [2.24, 2.45) is 0 Å². The number of nitrogens with zero attached hydrogens (tertiary/aromatic N) is 1. The molecular weight excluding hydrogens is 142 g/mol. The van der Waals surface area contributed by atoms with Crippen molar-refractivity contribution in [3.05, 3.63) is 0 Å². The summed E-state index contributed by atoms with van der Waals surface area (Å²) < 4.78 is 0. The van der Waals surface area contributed by atoms with Crippen LogP contribution in [0.3, 0.4) is 0 Å². The maximum Gasteiger partial charge on any atom is -0.00188 e. The molecule has 1 saturated heterocycles. The Morgan fingerprint density at radius 3 is 1.90 bits per heavy atom. The van der Waals surface area contributed by atoms with E-state index < -0.39 is 0 Å². The average molecular weight is 161 g/mol. The summed E-state index contributed by atoms with van der Waals surface area (Å²) in [4.78, 5) is 2.52. The maximum absolute atomic E-state index is 3.53.